The number of hydrogen-bond donors (Lipinski definition) is 2. The molecule has 2 aromatic rings. The van der Waals surface area contributed by atoms with Gasteiger partial charge in [0.05, 0.1) is 11.6 Å². The molecule has 0 saturated carbocycles. The summed E-state index contributed by atoms with van der Waals surface area (Å²) in [6.07, 6.45) is 1.74. The van der Waals surface area contributed by atoms with E-state index in [0.717, 1.165) is 31.3 Å². The zero-order valence-electron chi connectivity index (χ0n) is 14.2. The monoisotopic (exact) mass is 382 g/mol. The Kier molecular flexibility index (Phi) is 5.65. The van der Waals surface area contributed by atoms with E-state index in [-0.39, 0.29) is 15.3 Å². The Morgan fingerprint density at radius 3 is 2.64 bits per heavy atom. The van der Waals surface area contributed by atoms with Crippen LogP contribution in [0.1, 0.15) is 12.8 Å². The van der Waals surface area contributed by atoms with Crippen molar-refractivity contribution in [2.24, 2.45) is 5.41 Å². The van der Waals surface area contributed by atoms with Crippen molar-refractivity contribution in [3.8, 4) is 0 Å². The normalized spacial score (nSPS) is 17.7. The van der Waals surface area contributed by atoms with Crippen molar-refractivity contribution in [1.82, 2.24) is 10.0 Å². The van der Waals surface area contributed by atoms with E-state index in [2.05, 4.69) is 10.0 Å². The number of halogens is 1. The number of nitrogens with one attached hydrogen (secondary N) is 2. The molecule has 1 aliphatic heterocycles. The van der Waals surface area contributed by atoms with Crippen LogP contribution in [-0.2, 0) is 14.8 Å². The quantitative estimate of drug-likeness (QED) is 0.806. The van der Waals surface area contributed by atoms with Crippen LogP contribution in [0.2, 0.25) is 5.02 Å². The van der Waals surface area contributed by atoms with Gasteiger partial charge in [0.2, 0.25) is 10.0 Å². The van der Waals surface area contributed by atoms with Gasteiger partial charge in [-0.25, -0.2) is 13.1 Å². The summed E-state index contributed by atoms with van der Waals surface area (Å²) >= 11 is 6.25. The molecule has 136 valence electrons. The van der Waals surface area contributed by atoms with Crippen molar-refractivity contribution in [2.45, 2.75) is 17.7 Å². The van der Waals surface area contributed by atoms with Crippen molar-refractivity contribution >= 4 is 32.4 Å². The second kappa shape index (κ2) is 7.60. The van der Waals surface area contributed by atoms with Gasteiger partial charge in [-0.05, 0) is 37.4 Å². The lowest BCUT2D eigenvalue weighted by atomic mass is 9.80. The molecule has 0 atom stereocenters. The van der Waals surface area contributed by atoms with Crippen LogP contribution in [0.25, 0.3) is 10.8 Å². The summed E-state index contributed by atoms with van der Waals surface area (Å²) in [5.74, 6) is 0. The van der Waals surface area contributed by atoms with Gasteiger partial charge in [0.15, 0.2) is 0 Å². The highest BCUT2D eigenvalue weighted by atomic mass is 35.5. The Balaban J connectivity index is 1.91. The van der Waals surface area contributed by atoms with E-state index in [1.807, 2.05) is 24.3 Å². The van der Waals surface area contributed by atoms with Crippen molar-refractivity contribution in [3.05, 3.63) is 41.4 Å². The standard InChI is InChI=1S/C18H23ClN2O3S/c1-24-13-18(8-10-20-11-9-18)12-21-25(22,23)17-15-5-3-2-4-14(15)6-7-16(17)19/h2-7,20-21H,8-13H2,1H3. The number of rotatable bonds is 6. The topological polar surface area (TPSA) is 67.4 Å². The largest absolute Gasteiger partial charge is 0.384 e. The first kappa shape index (κ1) is 18.6. The van der Waals surface area contributed by atoms with E-state index in [1.54, 1.807) is 19.2 Å². The van der Waals surface area contributed by atoms with Gasteiger partial charge in [0, 0.05) is 24.5 Å². The Morgan fingerprint density at radius 1 is 1.20 bits per heavy atom. The van der Waals surface area contributed by atoms with Crippen molar-refractivity contribution < 1.29 is 13.2 Å². The third-order valence-electron chi connectivity index (χ3n) is 4.85. The average molecular weight is 383 g/mol. The molecule has 25 heavy (non-hydrogen) atoms. The molecule has 0 spiro atoms. The second-order valence-corrected chi connectivity index (χ2v) is 8.72. The molecular formula is C18H23ClN2O3S. The highest BCUT2D eigenvalue weighted by Crippen LogP contribution is 2.32. The minimum atomic E-state index is -3.73. The maximum absolute atomic E-state index is 13.0. The summed E-state index contributed by atoms with van der Waals surface area (Å²) in [7, 11) is -2.08. The lowest BCUT2D eigenvalue weighted by Gasteiger charge is -2.37. The van der Waals surface area contributed by atoms with Gasteiger partial charge in [0.1, 0.15) is 4.90 Å². The first-order valence-corrected chi connectivity index (χ1v) is 10.2. The van der Waals surface area contributed by atoms with Gasteiger partial charge >= 0.3 is 0 Å². The molecule has 0 unspecified atom stereocenters. The Morgan fingerprint density at radius 2 is 1.92 bits per heavy atom. The average Bonchev–Trinajstić information content (AvgIpc) is 2.61. The summed E-state index contributed by atoms with van der Waals surface area (Å²) in [5, 5.41) is 5.02. The van der Waals surface area contributed by atoms with Crippen molar-refractivity contribution in [2.75, 3.05) is 33.4 Å². The van der Waals surface area contributed by atoms with Crippen molar-refractivity contribution in [3.63, 3.8) is 0 Å². The fourth-order valence-electron chi connectivity index (χ4n) is 3.45. The van der Waals surface area contributed by atoms with Crippen molar-refractivity contribution in [1.29, 1.82) is 0 Å². The molecule has 0 bridgehead atoms. The van der Waals surface area contributed by atoms with E-state index < -0.39 is 10.0 Å². The highest BCUT2D eigenvalue weighted by molar-refractivity contribution is 7.89. The summed E-state index contributed by atoms with van der Waals surface area (Å²) in [5.41, 5.74) is -0.190. The fraction of sp³-hybridized carbons (Fsp3) is 0.444. The van der Waals surface area contributed by atoms with E-state index in [1.165, 1.54) is 0 Å². The molecule has 3 rings (SSSR count). The first-order valence-electron chi connectivity index (χ1n) is 8.34. The molecule has 0 amide bonds. The van der Waals surface area contributed by atoms with E-state index in [4.69, 9.17) is 16.3 Å². The second-order valence-electron chi connectivity index (χ2n) is 6.61. The van der Waals surface area contributed by atoms with Crippen LogP contribution in [0.5, 0.6) is 0 Å². The number of fused-ring (bicyclic) bond motifs is 1. The van der Waals surface area contributed by atoms with Gasteiger partial charge in [0.25, 0.3) is 0 Å². The number of piperidine rings is 1. The molecule has 2 N–H and O–H groups in total. The molecule has 0 radical (unpaired) electrons. The molecule has 0 aromatic heterocycles. The number of hydrogen-bond acceptors (Lipinski definition) is 4. The molecule has 0 aliphatic carbocycles. The van der Waals surface area contributed by atoms with Gasteiger partial charge in [-0.3, -0.25) is 0 Å². The highest BCUT2D eigenvalue weighted by Gasteiger charge is 2.34. The van der Waals surface area contributed by atoms with Crippen LogP contribution in [0.3, 0.4) is 0 Å². The SMILES string of the molecule is COCC1(CNS(=O)(=O)c2c(Cl)ccc3ccccc23)CCNCC1. The predicted octanol–water partition coefficient (Wildman–Crippen LogP) is 2.79. The van der Waals surface area contributed by atoms with Gasteiger partial charge < -0.3 is 10.1 Å². The molecule has 5 nitrogen and oxygen atoms in total. The number of methoxy groups -OCH3 is 1. The Labute approximate surface area is 153 Å². The maximum atomic E-state index is 13.0. The molecule has 1 aliphatic rings. The van der Waals surface area contributed by atoms with Crippen LogP contribution in [-0.4, -0.2) is 41.8 Å². The molecule has 2 aromatic carbocycles. The van der Waals surface area contributed by atoms with E-state index >= 15 is 0 Å². The van der Waals surface area contributed by atoms with Crippen LogP contribution in [0.4, 0.5) is 0 Å². The van der Waals surface area contributed by atoms with E-state index in [9.17, 15) is 8.42 Å². The number of sulfonamides is 1. The minimum Gasteiger partial charge on any atom is -0.384 e. The zero-order valence-corrected chi connectivity index (χ0v) is 15.8. The molecule has 1 saturated heterocycles. The predicted molar refractivity (Wildman–Crippen MR) is 101 cm³/mol. The summed E-state index contributed by atoms with van der Waals surface area (Å²) in [6.45, 7) is 2.59. The molecule has 7 heteroatoms. The molecule has 1 fully saturated rings. The zero-order chi connectivity index (χ0) is 17.9. The lowest BCUT2D eigenvalue weighted by molar-refractivity contribution is 0.0577. The smallest absolute Gasteiger partial charge is 0.242 e. The van der Waals surface area contributed by atoms with Gasteiger partial charge in [-0.2, -0.15) is 0 Å². The lowest BCUT2D eigenvalue weighted by Crippen LogP contribution is -2.47. The third-order valence-corrected chi connectivity index (χ3v) is 6.78. The van der Waals surface area contributed by atoms with Gasteiger partial charge in [-0.1, -0.05) is 41.9 Å². The van der Waals surface area contributed by atoms with Crippen LogP contribution in [0.15, 0.2) is 41.3 Å². The first-order chi connectivity index (χ1) is 12.0. The summed E-state index contributed by atoms with van der Waals surface area (Å²) in [6, 6.07) is 10.8. The molecule has 1 heterocycles. The fourth-order valence-corrected chi connectivity index (χ4v) is 5.36. The van der Waals surface area contributed by atoms with E-state index in [0.29, 0.717) is 18.5 Å². The summed E-state index contributed by atoms with van der Waals surface area (Å²) < 4.78 is 34.2. The Hall–Kier alpha value is -1.18. The van der Waals surface area contributed by atoms with Gasteiger partial charge in [-0.15, -0.1) is 0 Å². The van der Waals surface area contributed by atoms with Crippen LogP contribution < -0.4 is 10.0 Å². The van der Waals surface area contributed by atoms with Crippen LogP contribution >= 0.6 is 11.6 Å². The number of ether oxygens (including phenoxy) is 1. The number of benzene rings is 2. The third kappa shape index (κ3) is 3.99. The maximum Gasteiger partial charge on any atom is 0.242 e. The van der Waals surface area contributed by atoms with Crippen LogP contribution in [0, 0.1) is 5.41 Å². The minimum absolute atomic E-state index is 0.147. The molecular weight excluding hydrogens is 360 g/mol. The summed E-state index contributed by atoms with van der Waals surface area (Å²) in [4.78, 5) is 0.147. The Bertz CT molecular complexity index is 843.